The first-order valence-corrected chi connectivity index (χ1v) is 14.1. The first-order chi connectivity index (χ1) is 18.1. The molecule has 0 radical (unpaired) electrons. The van der Waals surface area contributed by atoms with E-state index in [4.69, 9.17) is 16.3 Å². The van der Waals surface area contributed by atoms with Crippen LogP contribution in [0.4, 0.5) is 11.4 Å². The largest absolute Gasteiger partial charge is 0.394 e. The van der Waals surface area contributed by atoms with Crippen molar-refractivity contribution in [2.75, 3.05) is 17.2 Å². The van der Waals surface area contributed by atoms with Crippen LogP contribution in [-0.2, 0) is 19.1 Å². The number of aliphatic hydroxyl groups excluding tert-OH is 1. The molecular formula is C28H31BrClN3O5. The predicted molar refractivity (Wildman–Crippen MR) is 148 cm³/mol. The fraction of sp³-hybridized carbons (Fsp3) is 0.464. The summed E-state index contributed by atoms with van der Waals surface area (Å²) in [7, 11) is 0. The van der Waals surface area contributed by atoms with Crippen LogP contribution in [-0.4, -0.2) is 63.0 Å². The van der Waals surface area contributed by atoms with Crippen molar-refractivity contribution in [1.29, 1.82) is 0 Å². The van der Waals surface area contributed by atoms with Crippen LogP contribution in [0.15, 0.2) is 48.5 Å². The highest BCUT2D eigenvalue weighted by Gasteiger charge is 2.77. The Hall–Kier alpha value is -2.46. The summed E-state index contributed by atoms with van der Waals surface area (Å²) in [5.41, 5.74) is 0.601. The topological polar surface area (TPSA) is 108 Å². The van der Waals surface area contributed by atoms with E-state index in [-0.39, 0.29) is 29.2 Å². The van der Waals surface area contributed by atoms with Crippen LogP contribution in [0.5, 0.6) is 0 Å². The third-order valence-corrected chi connectivity index (χ3v) is 9.26. The molecule has 3 unspecified atom stereocenters. The van der Waals surface area contributed by atoms with Gasteiger partial charge >= 0.3 is 0 Å². The van der Waals surface area contributed by atoms with Gasteiger partial charge in [-0.3, -0.25) is 14.4 Å². The number of amides is 3. The molecule has 2 aromatic rings. The van der Waals surface area contributed by atoms with Crippen molar-refractivity contribution in [1.82, 2.24) is 4.90 Å². The van der Waals surface area contributed by atoms with Crippen molar-refractivity contribution in [3.8, 4) is 0 Å². The molecule has 3 aliphatic heterocycles. The molecule has 7 atom stereocenters. The molecule has 0 saturated carbocycles. The van der Waals surface area contributed by atoms with Crippen molar-refractivity contribution in [2.24, 2.45) is 17.8 Å². The molecule has 8 nitrogen and oxygen atoms in total. The molecular weight excluding hydrogens is 574 g/mol. The second kappa shape index (κ2) is 10.3. The maximum Gasteiger partial charge on any atom is 0.250 e. The number of anilines is 2. The third kappa shape index (κ3) is 4.24. The molecule has 0 aliphatic carbocycles. The standard InChI is InChI=1S/C28H31BrClN3O5/c1-14(2)19(13-34)33-24(26(36)32-22-15(3)8-7-11-18(22)30)28-12-17(29)23(38-28)20(21(28)27(33)37)25(35)31-16-9-5-4-6-10-16/h4-11,14,17,19-21,23-24,34H,12-13H2,1-3H3,(H,31,35)(H,32,36)/t17?,19-,20-,21-,23-,24?,28?/m0/s1. The fourth-order valence-electron chi connectivity index (χ4n) is 6.37. The zero-order valence-electron chi connectivity index (χ0n) is 21.4. The van der Waals surface area contributed by atoms with E-state index in [0.717, 1.165) is 5.56 Å². The molecule has 1 spiro atoms. The Balaban J connectivity index is 1.56. The molecule has 202 valence electrons. The summed E-state index contributed by atoms with van der Waals surface area (Å²) in [5.74, 6) is -2.98. The van der Waals surface area contributed by atoms with E-state index < -0.39 is 41.5 Å². The molecule has 5 rings (SSSR count). The van der Waals surface area contributed by atoms with Crippen LogP contribution >= 0.6 is 27.5 Å². The van der Waals surface area contributed by atoms with Gasteiger partial charge in [-0.05, 0) is 43.0 Å². The molecule has 3 fully saturated rings. The number of carbonyl (C=O) groups is 3. The van der Waals surface area contributed by atoms with Crippen molar-refractivity contribution in [2.45, 2.75) is 55.8 Å². The van der Waals surface area contributed by atoms with Crippen LogP contribution in [0.25, 0.3) is 0 Å². The zero-order valence-corrected chi connectivity index (χ0v) is 23.7. The number of halogens is 2. The van der Waals surface area contributed by atoms with E-state index in [1.54, 1.807) is 24.3 Å². The number of hydrogen-bond donors (Lipinski definition) is 3. The normalized spacial score (nSPS) is 30.4. The van der Waals surface area contributed by atoms with Crippen molar-refractivity contribution in [3.63, 3.8) is 0 Å². The molecule has 2 bridgehead atoms. The minimum atomic E-state index is -1.24. The Morgan fingerprint density at radius 2 is 1.87 bits per heavy atom. The number of likely N-dealkylation sites (tertiary alicyclic amines) is 1. The van der Waals surface area contributed by atoms with E-state index in [9.17, 15) is 19.5 Å². The van der Waals surface area contributed by atoms with Crippen molar-refractivity contribution >= 4 is 56.6 Å². The van der Waals surface area contributed by atoms with E-state index in [2.05, 4.69) is 26.6 Å². The van der Waals surface area contributed by atoms with Gasteiger partial charge < -0.3 is 25.4 Å². The molecule has 3 amide bonds. The Labute approximate surface area is 235 Å². The lowest BCUT2D eigenvalue weighted by Crippen LogP contribution is -2.57. The van der Waals surface area contributed by atoms with E-state index in [1.807, 2.05) is 45.0 Å². The van der Waals surface area contributed by atoms with Crippen LogP contribution < -0.4 is 10.6 Å². The van der Waals surface area contributed by atoms with Gasteiger partial charge in [-0.1, -0.05) is 71.7 Å². The summed E-state index contributed by atoms with van der Waals surface area (Å²) >= 11 is 10.1. The Kier molecular flexibility index (Phi) is 7.32. The molecule has 2 aromatic carbocycles. The number of hydrogen-bond acceptors (Lipinski definition) is 5. The SMILES string of the molecule is Cc1cccc(Cl)c1NC(=O)C1N([C@@H](CO)C(C)C)C(=O)[C@@H]2[C@H](C(=O)Nc3ccccc3)[C@H]3OC12CC3Br. The highest BCUT2D eigenvalue weighted by molar-refractivity contribution is 9.09. The average molecular weight is 605 g/mol. The smallest absolute Gasteiger partial charge is 0.250 e. The minimum absolute atomic E-state index is 0.148. The number of carbonyl (C=O) groups excluding carboxylic acids is 3. The van der Waals surface area contributed by atoms with Gasteiger partial charge in [0.2, 0.25) is 17.7 Å². The minimum Gasteiger partial charge on any atom is -0.394 e. The monoisotopic (exact) mass is 603 g/mol. The van der Waals surface area contributed by atoms with Gasteiger partial charge in [-0.2, -0.15) is 0 Å². The Morgan fingerprint density at radius 3 is 2.50 bits per heavy atom. The zero-order chi connectivity index (χ0) is 27.4. The van der Waals surface area contributed by atoms with Gasteiger partial charge in [0.1, 0.15) is 11.6 Å². The van der Waals surface area contributed by atoms with Gasteiger partial charge in [0.15, 0.2) is 0 Å². The first-order valence-electron chi connectivity index (χ1n) is 12.8. The van der Waals surface area contributed by atoms with Crippen LogP contribution in [0.1, 0.15) is 25.8 Å². The number of para-hydroxylation sites is 2. The van der Waals surface area contributed by atoms with Crippen molar-refractivity contribution < 1.29 is 24.2 Å². The summed E-state index contributed by atoms with van der Waals surface area (Å²) < 4.78 is 6.53. The molecule has 3 N–H and O–H groups in total. The van der Waals surface area contributed by atoms with E-state index in [0.29, 0.717) is 22.8 Å². The highest BCUT2D eigenvalue weighted by atomic mass is 79.9. The first kappa shape index (κ1) is 27.1. The second-order valence-corrected chi connectivity index (χ2v) is 12.3. The molecule has 3 heterocycles. The summed E-state index contributed by atoms with van der Waals surface area (Å²) in [4.78, 5) is 43.1. The number of nitrogens with one attached hydrogen (secondary N) is 2. The highest BCUT2D eigenvalue weighted by Crippen LogP contribution is 2.60. The molecule has 3 aliphatic rings. The number of fused-ring (bicyclic) bond motifs is 1. The molecule has 38 heavy (non-hydrogen) atoms. The van der Waals surface area contributed by atoms with Gasteiger partial charge in [0.05, 0.1) is 41.3 Å². The summed E-state index contributed by atoms with van der Waals surface area (Å²) in [6.45, 7) is 5.28. The van der Waals surface area contributed by atoms with Gasteiger partial charge in [0.25, 0.3) is 0 Å². The van der Waals surface area contributed by atoms with Gasteiger partial charge in [0, 0.05) is 10.5 Å². The van der Waals surface area contributed by atoms with E-state index in [1.165, 1.54) is 4.90 Å². The molecule has 3 saturated heterocycles. The number of aryl methyl sites for hydroxylation is 1. The second-order valence-electron chi connectivity index (χ2n) is 10.7. The summed E-state index contributed by atoms with van der Waals surface area (Å²) in [5, 5.41) is 16.6. The lowest BCUT2D eigenvalue weighted by Gasteiger charge is -2.38. The number of ether oxygens (including phenoxy) is 1. The number of aliphatic hydroxyl groups is 1. The number of benzene rings is 2. The van der Waals surface area contributed by atoms with Gasteiger partial charge in [-0.15, -0.1) is 0 Å². The lowest BCUT2D eigenvalue weighted by atomic mass is 9.70. The third-order valence-electron chi connectivity index (χ3n) is 8.10. The van der Waals surface area contributed by atoms with Crippen LogP contribution in [0, 0.1) is 24.7 Å². The van der Waals surface area contributed by atoms with Crippen molar-refractivity contribution in [3.05, 3.63) is 59.1 Å². The maximum atomic E-state index is 14.2. The lowest BCUT2D eigenvalue weighted by molar-refractivity contribution is -0.144. The predicted octanol–water partition coefficient (Wildman–Crippen LogP) is 3.99. The average Bonchev–Trinajstić information content (AvgIpc) is 3.46. The maximum absolute atomic E-state index is 14.2. The summed E-state index contributed by atoms with van der Waals surface area (Å²) in [6.07, 6.45) is -0.214. The fourth-order valence-corrected chi connectivity index (χ4v) is 7.58. The van der Waals surface area contributed by atoms with Crippen LogP contribution in [0.3, 0.4) is 0 Å². The quantitative estimate of drug-likeness (QED) is 0.415. The Bertz CT molecular complexity index is 1240. The number of alkyl halides is 1. The number of rotatable bonds is 7. The van der Waals surface area contributed by atoms with Crippen LogP contribution in [0.2, 0.25) is 5.02 Å². The molecule has 0 aromatic heterocycles. The summed E-state index contributed by atoms with van der Waals surface area (Å²) in [6, 6.07) is 12.6. The van der Waals surface area contributed by atoms with Gasteiger partial charge in [-0.25, -0.2) is 0 Å². The number of nitrogens with zero attached hydrogens (tertiary/aromatic N) is 1. The Morgan fingerprint density at radius 1 is 1.16 bits per heavy atom. The van der Waals surface area contributed by atoms with E-state index >= 15 is 0 Å². The molecule has 10 heteroatoms.